The SMILES string of the molecule is CC(C)CNC(=O)[C@H]([C@@H](C)O)N1CC2(CCCN2C(=O)OC(C)(C)C)C1=O. The van der Waals surface area contributed by atoms with Gasteiger partial charge in [-0.2, -0.15) is 0 Å². The fourth-order valence-electron chi connectivity index (χ4n) is 3.70. The number of aliphatic hydroxyl groups is 1. The molecule has 2 aliphatic heterocycles. The quantitative estimate of drug-likeness (QED) is 0.693. The number of carbonyl (C=O) groups is 3. The summed E-state index contributed by atoms with van der Waals surface area (Å²) in [4.78, 5) is 41.0. The van der Waals surface area contributed by atoms with Crippen LogP contribution in [0.25, 0.3) is 0 Å². The molecule has 3 atom stereocenters. The molecule has 1 spiro atoms. The summed E-state index contributed by atoms with van der Waals surface area (Å²) in [7, 11) is 0. The molecule has 0 saturated carbocycles. The van der Waals surface area contributed by atoms with Gasteiger partial charge in [-0.3, -0.25) is 14.5 Å². The minimum absolute atomic E-state index is 0.232. The van der Waals surface area contributed by atoms with Crippen molar-refractivity contribution in [2.45, 2.75) is 77.7 Å². The van der Waals surface area contributed by atoms with Crippen molar-refractivity contribution in [3.63, 3.8) is 0 Å². The topological polar surface area (TPSA) is 99.2 Å². The molecule has 2 aliphatic rings. The Bertz CT molecular complexity index is 599. The number of nitrogens with one attached hydrogen (secondary N) is 1. The minimum Gasteiger partial charge on any atom is -0.444 e. The summed E-state index contributed by atoms with van der Waals surface area (Å²) in [5, 5.41) is 12.9. The highest BCUT2D eigenvalue weighted by Crippen LogP contribution is 2.41. The maximum Gasteiger partial charge on any atom is 0.411 e. The Balaban J connectivity index is 2.12. The van der Waals surface area contributed by atoms with Crippen molar-refractivity contribution in [2.75, 3.05) is 19.6 Å². The first kappa shape index (κ1) is 21.5. The van der Waals surface area contributed by atoms with E-state index in [1.54, 1.807) is 20.8 Å². The molecule has 0 aliphatic carbocycles. The predicted octanol–water partition coefficient (Wildman–Crippen LogP) is 1.12. The third-order valence-corrected chi connectivity index (χ3v) is 4.94. The Morgan fingerprint density at radius 3 is 2.41 bits per heavy atom. The number of amides is 3. The van der Waals surface area contributed by atoms with Gasteiger partial charge in [0.1, 0.15) is 17.2 Å². The molecule has 0 radical (unpaired) electrons. The first-order valence-electron chi connectivity index (χ1n) is 9.66. The highest BCUT2D eigenvalue weighted by atomic mass is 16.6. The monoisotopic (exact) mass is 383 g/mol. The third kappa shape index (κ3) is 4.36. The molecular formula is C19H33N3O5. The summed E-state index contributed by atoms with van der Waals surface area (Å²) in [5.41, 5.74) is -1.60. The van der Waals surface area contributed by atoms with Crippen LogP contribution in [-0.2, 0) is 14.3 Å². The van der Waals surface area contributed by atoms with Crippen molar-refractivity contribution < 1.29 is 24.2 Å². The summed E-state index contributed by atoms with van der Waals surface area (Å²) in [5.74, 6) is -0.403. The minimum atomic E-state index is -1.00. The van der Waals surface area contributed by atoms with Crippen molar-refractivity contribution in [3.8, 4) is 0 Å². The molecule has 0 bridgehead atoms. The Hall–Kier alpha value is -1.83. The van der Waals surface area contributed by atoms with Crippen molar-refractivity contribution in [1.82, 2.24) is 15.1 Å². The Morgan fingerprint density at radius 1 is 1.30 bits per heavy atom. The van der Waals surface area contributed by atoms with Crippen LogP contribution >= 0.6 is 0 Å². The van der Waals surface area contributed by atoms with E-state index in [1.165, 1.54) is 16.7 Å². The lowest BCUT2D eigenvalue weighted by Gasteiger charge is -2.53. The summed E-state index contributed by atoms with van der Waals surface area (Å²) >= 11 is 0. The number of β-lactam (4-membered cyclic amide) rings is 1. The van der Waals surface area contributed by atoms with E-state index in [-0.39, 0.29) is 24.3 Å². The lowest BCUT2D eigenvalue weighted by Crippen LogP contribution is -2.77. The van der Waals surface area contributed by atoms with Crippen molar-refractivity contribution in [2.24, 2.45) is 5.92 Å². The van der Waals surface area contributed by atoms with Crippen LogP contribution in [0, 0.1) is 5.92 Å². The predicted molar refractivity (Wildman–Crippen MR) is 99.9 cm³/mol. The second kappa shape index (κ2) is 7.66. The number of hydrogen-bond acceptors (Lipinski definition) is 5. The molecule has 27 heavy (non-hydrogen) atoms. The van der Waals surface area contributed by atoms with Crippen molar-refractivity contribution in [1.29, 1.82) is 0 Å². The maximum absolute atomic E-state index is 13.0. The normalized spacial score (nSPS) is 24.8. The smallest absolute Gasteiger partial charge is 0.411 e. The number of nitrogens with zero attached hydrogens (tertiary/aromatic N) is 2. The maximum atomic E-state index is 13.0. The van der Waals surface area contributed by atoms with E-state index in [1.807, 2.05) is 13.8 Å². The summed E-state index contributed by atoms with van der Waals surface area (Å²) in [6.07, 6.45) is -0.264. The average molecular weight is 383 g/mol. The summed E-state index contributed by atoms with van der Waals surface area (Å²) < 4.78 is 5.44. The van der Waals surface area contributed by atoms with Crippen LogP contribution in [0.15, 0.2) is 0 Å². The van der Waals surface area contributed by atoms with Gasteiger partial charge in [-0.1, -0.05) is 13.8 Å². The fraction of sp³-hybridized carbons (Fsp3) is 0.842. The number of aliphatic hydroxyl groups excluding tert-OH is 1. The molecule has 3 amide bonds. The Labute approximate surface area is 161 Å². The highest BCUT2D eigenvalue weighted by Gasteiger charge is 2.62. The van der Waals surface area contributed by atoms with Crippen molar-refractivity contribution >= 4 is 17.9 Å². The van der Waals surface area contributed by atoms with E-state index in [4.69, 9.17) is 4.74 Å². The van der Waals surface area contributed by atoms with E-state index in [0.717, 1.165) is 0 Å². The zero-order valence-electron chi connectivity index (χ0n) is 17.2. The molecule has 8 nitrogen and oxygen atoms in total. The van der Waals surface area contributed by atoms with Gasteiger partial charge in [0, 0.05) is 13.1 Å². The molecule has 2 fully saturated rings. The van der Waals surface area contributed by atoms with Crippen LogP contribution < -0.4 is 5.32 Å². The van der Waals surface area contributed by atoms with Crippen LogP contribution in [0.4, 0.5) is 4.79 Å². The first-order chi connectivity index (χ1) is 12.4. The standard InChI is InChI=1S/C19H33N3O5/c1-12(2)10-20-15(24)14(13(3)23)21-11-19(16(21)25)8-7-9-22(19)17(26)27-18(4,5)6/h12-14,23H,7-11H2,1-6H3,(H,20,24)/t13-,14+,19?/m1/s1. The van der Waals surface area contributed by atoms with Gasteiger partial charge in [0.25, 0.3) is 5.91 Å². The number of likely N-dealkylation sites (tertiary alicyclic amines) is 2. The van der Waals surface area contributed by atoms with E-state index >= 15 is 0 Å². The molecule has 0 aromatic carbocycles. The molecule has 2 N–H and O–H groups in total. The lowest BCUT2D eigenvalue weighted by atomic mass is 9.83. The van der Waals surface area contributed by atoms with Gasteiger partial charge >= 0.3 is 6.09 Å². The molecular weight excluding hydrogens is 350 g/mol. The van der Waals surface area contributed by atoms with Crippen molar-refractivity contribution in [3.05, 3.63) is 0 Å². The zero-order chi connectivity index (χ0) is 20.6. The third-order valence-electron chi connectivity index (χ3n) is 4.94. The van der Waals surface area contributed by atoms with E-state index in [0.29, 0.717) is 25.9 Å². The average Bonchev–Trinajstić information content (AvgIpc) is 2.97. The second-order valence-electron chi connectivity index (χ2n) is 9.02. The van der Waals surface area contributed by atoms with Crippen LogP contribution in [0.5, 0.6) is 0 Å². The van der Waals surface area contributed by atoms with Gasteiger partial charge in [-0.15, -0.1) is 0 Å². The van der Waals surface area contributed by atoms with E-state index < -0.39 is 29.4 Å². The van der Waals surface area contributed by atoms with Crippen LogP contribution in [-0.4, -0.2) is 75.7 Å². The van der Waals surface area contributed by atoms with E-state index in [2.05, 4.69) is 5.32 Å². The molecule has 2 rings (SSSR count). The number of ether oxygens (including phenoxy) is 1. The Morgan fingerprint density at radius 2 is 1.93 bits per heavy atom. The number of hydrogen-bond donors (Lipinski definition) is 2. The summed E-state index contributed by atoms with van der Waals surface area (Å²) in [6, 6.07) is -0.956. The fourth-order valence-corrected chi connectivity index (χ4v) is 3.70. The van der Waals surface area contributed by atoms with Crippen LogP contribution in [0.2, 0.25) is 0 Å². The first-order valence-corrected chi connectivity index (χ1v) is 9.66. The van der Waals surface area contributed by atoms with Gasteiger partial charge < -0.3 is 20.1 Å². The van der Waals surface area contributed by atoms with Gasteiger partial charge in [-0.25, -0.2) is 4.79 Å². The highest BCUT2D eigenvalue weighted by molar-refractivity contribution is 5.99. The van der Waals surface area contributed by atoms with Gasteiger partial charge in [-0.05, 0) is 46.5 Å². The van der Waals surface area contributed by atoms with Crippen LogP contribution in [0.1, 0.15) is 54.4 Å². The lowest BCUT2D eigenvalue weighted by molar-refractivity contribution is -0.171. The molecule has 154 valence electrons. The molecule has 2 heterocycles. The van der Waals surface area contributed by atoms with Gasteiger partial charge in [0.05, 0.1) is 12.6 Å². The molecule has 8 heteroatoms. The number of carbonyl (C=O) groups excluding carboxylic acids is 3. The summed E-state index contributed by atoms with van der Waals surface area (Å²) in [6.45, 7) is 11.9. The molecule has 1 unspecified atom stereocenters. The largest absolute Gasteiger partial charge is 0.444 e. The Kier molecular flexibility index (Phi) is 6.09. The van der Waals surface area contributed by atoms with Crippen LogP contribution in [0.3, 0.4) is 0 Å². The van der Waals surface area contributed by atoms with Gasteiger partial charge in [0.15, 0.2) is 0 Å². The molecule has 0 aromatic heterocycles. The zero-order valence-corrected chi connectivity index (χ0v) is 17.2. The molecule has 2 saturated heterocycles. The second-order valence-corrected chi connectivity index (χ2v) is 9.02. The number of rotatable bonds is 5. The molecule has 0 aromatic rings. The van der Waals surface area contributed by atoms with E-state index in [9.17, 15) is 19.5 Å². The van der Waals surface area contributed by atoms with Gasteiger partial charge in [0.2, 0.25) is 5.91 Å².